The highest BCUT2D eigenvalue weighted by Crippen LogP contribution is 2.24. The normalized spacial score (nSPS) is 20.1. The lowest BCUT2D eigenvalue weighted by Gasteiger charge is -2.26. The van der Waals surface area contributed by atoms with Gasteiger partial charge in [-0.3, -0.25) is 0 Å². The summed E-state index contributed by atoms with van der Waals surface area (Å²) in [6.07, 6.45) is 6.16. The van der Waals surface area contributed by atoms with E-state index in [-0.39, 0.29) is 18.0 Å². The fourth-order valence-corrected chi connectivity index (χ4v) is 3.12. The van der Waals surface area contributed by atoms with E-state index in [1.54, 1.807) is 18.3 Å². The molecule has 0 aliphatic heterocycles. The third kappa shape index (κ3) is 3.70. The number of fused-ring (bicyclic) bond motifs is 1. The highest BCUT2D eigenvalue weighted by atomic mass is 19.1. The lowest BCUT2D eigenvalue weighted by molar-refractivity contribution is 0.126. The fraction of sp³-hybridized carbons (Fsp3) is 0.333. The van der Waals surface area contributed by atoms with Crippen LogP contribution in [0.4, 0.5) is 21.8 Å². The number of halogens is 1. The maximum atomic E-state index is 13.4. The van der Waals surface area contributed by atoms with Gasteiger partial charge in [-0.2, -0.15) is 0 Å². The highest BCUT2D eigenvalue weighted by Gasteiger charge is 2.20. The third-order valence-electron chi connectivity index (χ3n) is 4.49. The zero-order chi connectivity index (χ0) is 17.9. The van der Waals surface area contributed by atoms with Gasteiger partial charge in [0.05, 0.1) is 12.3 Å². The van der Waals surface area contributed by atoms with E-state index in [0.717, 1.165) is 25.7 Å². The summed E-state index contributed by atoms with van der Waals surface area (Å²) in [5, 5.41) is 16.0. The zero-order valence-electron chi connectivity index (χ0n) is 14.1. The van der Waals surface area contributed by atoms with Gasteiger partial charge in [-0.1, -0.05) is 6.07 Å². The van der Waals surface area contributed by atoms with Crippen LogP contribution in [-0.4, -0.2) is 37.2 Å². The van der Waals surface area contributed by atoms with E-state index in [4.69, 9.17) is 0 Å². The Morgan fingerprint density at radius 1 is 1.08 bits per heavy atom. The molecule has 0 saturated heterocycles. The molecule has 4 rings (SSSR count). The maximum absolute atomic E-state index is 13.4. The summed E-state index contributed by atoms with van der Waals surface area (Å²) in [6, 6.07) is 6.39. The van der Waals surface area contributed by atoms with E-state index >= 15 is 0 Å². The van der Waals surface area contributed by atoms with Gasteiger partial charge in [0.2, 0.25) is 5.95 Å². The van der Waals surface area contributed by atoms with Crippen LogP contribution in [-0.2, 0) is 0 Å². The first-order valence-electron chi connectivity index (χ1n) is 8.62. The minimum Gasteiger partial charge on any atom is -0.393 e. The zero-order valence-corrected chi connectivity index (χ0v) is 14.1. The molecule has 0 bridgehead atoms. The van der Waals surface area contributed by atoms with Crippen molar-refractivity contribution < 1.29 is 9.50 Å². The first-order chi connectivity index (χ1) is 12.7. The van der Waals surface area contributed by atoms with Crippen LogP contribution in [0.2, 0.25) is 0 Å². The molecule has 7 nitrogen and oxygen atoms in total. The molecule has 0 unspecified atom stereocenters. The van der Waals surface area contributed by atoms with Crippen LogP contribution < -0.4 is 10.6 Å². The standard InChI is InChI=1S/C18H19FN6O/c19-11-2-1-3-13(8-11)23-17-16-15(21-10-22-17)9-20-18(25-16)24-12-4-6-14(26)7-5-12/h1-3,8-10,12,14,26H,4-7H2,(H,20,24,25)(H,21,22,23)/t12-,14-. The van der Waals surface area contributed by atoms with Crippen LogP contribution in [0.1, 0.15) is 25.7 Å². The minimum absolute atomic E-state index is 0.207. The summed E-state index contributed by atoms with van der Waals surface area (Å²) < 4.78 is 13.4. The summed E-state index contributed by atoms with van der Waals surface area (Å²) >= 11 is 0. The van der Waals surface area contributed by atoms with Gasteiger partial charge in [0.1, 0.15) is 23.2 Å². The molecule has 1 saturated carbocycles. The first kappa shape index (κ1) is 16.6. The van der Waals surface area contributed by atoms with E-state index in [1.807, 2.05) is 0 Å². The van der Waals surface area contributed by atoms with Crippen molar-refractivity contribution in [3.63, 3.8) is 0 Å². The molecule has 26 heavy (non-hydrogen) atoms. The number of aliphatic hydroxyl groups excluding tert-OH is 1. The summed E-state index contributed by atoms with van der Waals surface area (Å²) in [7, 11) is 0. The SMILES string of the molecule is O[C@H]1CC[C@H](Nc2ncc3ncnc(Nc4cccc(F)c4)c3n2)CC1. The highest BCUT2D eigenvalue weighted by molar-refractivity contribution is 5.87. The van der Waals surface area contributed by atoms with Crippen molar-refractivity contribution in [3.8, 4) is 0 Å². The predicted molar refractivity (Wildman–Crippen MR) is 96.7 cm³/mol. The molecule has 3 aromatic rings. The number of aromatic nitrogens is 4. The van der Waals surface area contributed by atoms with Gasteiger partial charge in [0.25, 0.3) is 0 Å². The monoisotopic (exact) mass is 354 g/mol. The third-order valence-corrected chi connectivity index (χ3v) is 4.49. The van der Waals surface area contributed by atoms with Gasteiger partial charge in [-0.25, -0.2) is 24.3 Å². The Balaban J connectivity index is 1.60. The fourth-order valence-electron chi connectivity index (χ4n) is 3.12. The van der Waals surface area contributed by atoms with Gasteiger partial charge in [0, 0.05) is 11.7 Å². The molecule has 2 aromatic heterocycles. The number of anilines is 3. The van der Waals surface area contributed by atoms with Crippen LogP contribution in [0.15, 0.2) is 36.8 Å². The Kier molecular flexibility index (Phi) is 4.57. The van der Waals surface area contributed by atoms with Crippen molar-refractivity contribution >= 4 is 28.5 Å². The molecule has 1 aromatic carbocycles. The number of hydrogen-bond acceptors (Lipinski definition) is 7. The Hall–Kier alpha value is -2.87. The molecular formula is C18H19FN6O. The molecule has 8 heteroatoms. The molecule has 0 radical (unpaired) electrons. The van der Waals surface area contributed by atoms with Crippen LogP contribution in [0, 0.1) is 5.82 Å². The number of hydrogen-bond donors (Lipinski definition) is 3. The van der Waals surface area contributed by atoms with Crippen LogP contribution in [0.3, 0.4) is 0 Å². The lowest BCUT2D eigenvalue weighted by atomic mass is 9.93. The van der Waals surface area contributed by atoms with E-state index in [0.29, 0.717) is 28.5 Å². The Morgan fingerprint density at radius 3 is 2.73 bits per heavy atom. The van der Waals surface area contributed by atoms with Crippen molar-refractivity contribution in [2.24, 2.45) is 0 Å². The predicted octanol–water partition coefficient (Wildman–Crippen LogP) is 3.02. The van der Waals surface area contributed by atoms with Crippen LogP contribution in [0.5, 0.6) is 0 Å². The number of rotatable bonds is 4. The molecular weight excluding hydrogens is 335 g/mol. The summed E-state index contributed by atoms with van der Waals surface area (Å²) in [5.74, 6) is 0.658. The van der Waals surface area contributed by atoms with Gasteiger partial charge in [0.15, 0.2) is 5.82 Å². The topological polar surface area (TPSA) is 95.9 Å². The number of nitrogens with one attached hydrogen (secondary N) is 2. The second kappa shape index (κ2) is 7.17. The minimum atomic E-state index is -0.329. The van der Waals surface area contributed by atoms with E-state index in [2.05, 4.69) is 30.6 Å². The largest absolute Gasteiger partial charge is 0.393 e. The van der Waals surface area contributed by atoms with Gasteiger partial charge in [-0.05, 0) is 43.9 Å². The van der Waals surface area contributed by atoms with Crippen molar-refractivity contribution in [1.82, 2.24) is 19.9 Å². The molecule has 1 fully saturated rings. The Bertz CT molecular complexity index is 913. The van der Waals surface area contributed by atoms with E-state index in [9.17, 15) is 9.50 Å². The van der Waals surface area contributed by atoms with Crippen molar-refractivity contribution in [2.75, 3.05) is 10.6 Å². The van der Waals surface area contributed by atoms with E-state index in [1.165, 1.54) is 18.5 Å². The molecule has 134 valence electrons. The Labute approximate surface area is 149 Å². The molecule has 0 atom stereocenters. The quantitative estimate of drug-likeness (QED) is 0.663. The molecule has 0 amide bonds. The van der Waals surface area contributed by atoms with Crippen LogP contribution in [0.25, 0.3) is 11.0 Å². The molecule has 1 aliphatic carbocycles. The van der Waals surface area contributed by atoms with Crippen LogP contribution >= 0.6 is 0 Å². The molecule has 3 N–H and O–H groups in total. The van der Waals surface area contributed by atoms with Crippen molar-refractivity contribution in [2.45, 2.75) is 37.8 Å². The van der Waals surface area contributed by atoms with Gasteiger partial charge in [-0.15, -0.1) is 0 Å². The number of nitrogens with zero attached hydrogens (tertiary/aromatic N) is 4. The molecule has 2 heterocycles. The second-order valence-electron chi connectivity index (χ2n) is 6.43. The van der Waals surface area contributed by atoms with Gasteiger partial charge >= 0.3 is 0 Å². The number of benzene rings is 1. The van der Waals surface area contributed by atoms with Gasteiger partial charge < -0.3 is 15.7 Å². The first-order valence-corrected chi connectivity index (χ1v) is 8.62. The molecule has 0 spiro atoms. The second-order valence-corrected chi connectivity index (χ2v) is 6.43. The van der Waals surface area contributed by atoms with Crippen molar-refractivity contribution in [1.29, 1.82) is 0 Å². The summed E-state index contributed by atoms with van der Waals surface area (Å²) in [4.78, 5) is 17.3. The summed E-state index contributed by atoms with van der Waals surface area (Å²) in [6.45, 7) is 0. The smallest absolute Gasteiger partial charge is 0.223 e. The number of aliphatic hydroxyl groups is 1. The van der Waals surface area contributed by atoms with E-state index < -0.39 is 0 Å². The average Bonchev–Trinajstić information content (AvgIpc) is 2.64. The Morgan fingerprint density at radius 2 is 1.92 bits per heavy atom. The lowest BCUT2D eigenvalue weighted by Crippen LogP contribution is -2.28. The van der Waals surface area contributed by atoms with Crippen molar-refractivity contribution in [3.05, 3.63) is 42.6 Å². The maximum Gasteiger partial charge on any atom is 0.223 e. The molecule has 1 aliphatic rings. The summed E-state index contributed by atoms with van der Waals surface area (Å²) in [5.41, 5.74) is 1.74. The average molecular weight is 354 g/mol.